The smallest absolute Gasteiger partial charge is 0.237 e. The third kappa shape index (κ3) is 2.76. The van der Waals surface area contributed by atoms with E-state index in [2.05, 4.69) is 34.0 Å². The lowest BCUT2D eigenvalue weighted by Gasteiger charge is -2.37. The Morgan fingerprint density at radius 1 is 1.35 bits per heavy atom. The Morgan fingerprint density at radius 3 is 2.95 bits per heavy atom. The summed E-state index contributed by atoms with van der Waals surface area (Å²) in [7, 11) is 4.28. The molecule has 0 spiro atoms. The van der Waals surface area contributed by atoms with Crippen molar-refractivity contribution in [2.45, 2.75) is 37.6 Å². The summed E-state index contributed by atoms with van der Waals surface area (Å²) >= 11 is 0. The molecule has 0 N–H and O–H groups in total. The van der Waals surface area contributed by atoms with Crippen LogP contribution in [0.1, 0.15) is 36.9 Å². The minimum absolute atomic E-state index is 0.150. The van der Waals surface area contributed by atoms with Gasteiger partial charge in [-0.1, -0.05) is 5.16 Å². The number of rotatable bonds is 3. The zero-order chi connectivity index (χ0) is 14.1. The predicted molar refractivity (Wildman–Crippen MR) is 73.5 cm³/mol. The van der Waals surface area contributed by atoms with Gasteiger partial charge >= 0.3 is 0 Å². The van der Waals surface area contributed by atoms with Crippen LogP contribution in [0.15, 0.2) is 4.52 Å². The summed E-state index contributed by atoms with van der Waals surface area (Å²) in [4.78, 5) is 20.8. The predicted octanol–water partition coefficient (Wildman–Crippen LogP) is 0.694. The third-order valence-electron chi connectivity index (χ3n) is 4.48. The molecule has 2 fully saturated rings. The van der Waals surface area contributed by atoms with Crippen LogP contribution in [0.25, 0.3) is 0 Å². The fourth-order valence-electron chi connectivity index (χ4n) is 3.10. The third-order valence-corrected chi connectivity index (χ3v) is 4.48. The number of hydrogen-bond acceptors (Lipinski definition) is 6. The van der Waals surface area contributed by atoms with Gasteiger partial charge in [-0.05, 0) is 26.9 Å². The van der Waals surface area contributed by atoms with Crippen LogP contribution < -0.4 is 0 Å². The Bertz CT molecular complexity index is 487. The van der Waals surface area contributed by atoms with E-state index < -0.39 is 0 Å². The molecule has 1 aromatic rings. The minimum atomic E-state index is -0.150. The number of likely N-dealkylation sites (N-methyl/N-ethyl adjacent to an activating group) is 2. The van der Waals surface area contributed by atoms with Gasteiger partial charge in [0.2, 0.25) is 5.89 Å². The molecule has 3 rings (SSSR count). The summed E-state index contributed by atoms with van der Waals surface area (Å²) in [5.41, 5.74) is 0. The average molecular weight is 278 g/mol. The Balaban J connectivity index is 1.66. The van der Waals surface area contributed by atoms with Crippen LogP contribution in [0.4, 0.5) is 0 Å². The first kappa shape index (κ1) is 13.7. The number of hydrogen-bond donors (Lipinski definition) is 0. The van der Waals surface area contributed by atoms with Gasteiger partial charge in [0, 0.05) is 38.5 Å². The van der Waals surface area contributed by atoms with Gasteiger partial charge in [0.05, 0.1) is 5.92 Å². The molecule has 2 unspecified atom stereocenters. The number of carbonyl (C=O) groups excluding carboxylic acids is 1. The van der Waals surface area contributed by atoms with Crippen LogP contribution in [-0.4, -0.2) is 65.5 Å². The molecular weight excluding hydrogens is 256 g/mol. The van der Waals surface area contributed by atoms with Crippen molar-refractivity contribution in [2.24, 2.45) is 0 Å². The Kier molecular flexibility index (Phi) is 3.85. The van der Waals surface area contributed by atoms with Gasteiger partial charge in [0.1, 0.15) is 5.78 Å². The van der Waals surface area contributed by atoms with Crippen molar-refractivity contribution in [3.05, 3.63) is 11.7 Å². The molecule has 0 radical (unpaired) electrons. The fraction of sp³-hybridized carbons (Fsp3) is 0.786. The van der Waals surface area contributed by atoms with Gasteiger partial charge in [-0.3, -0.25) is 4.79 Å². The Hall–Kier alpha value is -1.27. The molecule has 110 valence electrons. The SMILES string of the molecule is CN1CCN(C)C(Cc2noc(C3CCCC3=O)n2)C1. The van der Waals surface area contributed by atoms with Crippen molar-refractivity contribution in [3.63, 3.8) is 0 Å². The van der Waals surface area contributed by atoms with E-state index in [4.69, 9.17) is 4.52 Å². The van der Waals surface area contributed by atoms with Crippen LogP contribution in [0.3, 0.4) is 0 Å². The van der Waals surface area contributed by atoms with Crippen molar-refractivity contribution < 1.29 is 9.32 Å². The Labute approximate surface area is 119 Å². The van der Waals surface area contributed by atoms with E-state index in [9.17, 15) is 4.79 Å². The molecule has 1 aromatic heterocycles. The number of nitrogens with zero attached hydrogens (tertiary/aromatic N) is 4. The van der Waals surface area contributed by atoms with Crippen LogP contribution in [0.5, 0.6) is 0 Å². The quantitative estimate of drug-likeness (QED) is 0.811. The molecule has 1 saturated carbocycles. The van der Waals surface area contributed by atoms with E-state index in [-0.39, 0.29) is 11.7 Å². The maximum Gasteiger partial charge on any atom is 0.237 e. The van der Waals surface area contributed by atoms with Gasteiger partial charge in [-0.15, -0.1) is 0 Å². The van der Waals surface area contributed by atoms with Crippen LogP contribution in [0.2, 0.25) is 0 Å². The van der Waals surface area contributed by atoms with Crippen molar-refractivity contribution in [1.29, 1.82) is 0 Å². The fourth-order valence-corrected chi connectivity index (χ4v) is 3.10. The summed E-state index contributed by atoms with van der Waals surface area (Å²) < 4.78 is 5.31. The van der Waals surface area contributed by atoms with Crippen LogP contribution >= 0.6 is 0 Å². The van der Waals surface area contributed by atoms with Crippen molar-refractivity contribution in [3.8, 4) is 0 Å². The highest BCUT2D eigenvalue weighted by Gasteiger charge is 2.31. The molecule has 2 heterocycles. The van der Waals surface area contributed by atoms with Crippen molar-refractivity contribution in [2.75, 3.05) is 33.7 Å². The number of ketones is 1. The molecule has 0 amide bonds. The van der Waals surface area contributed by atoms with Crippen LogP contribution in [0, 0.1) is 0 Å². The molecule has 1 aliphatic carbocycles. The molecule has 2 atom stereocenters. The standard InChI is InChI=1S/C14H22N4O2/c1-17-6-7-18(2)10(9-17)8-13-15-14(20-16-13)11-4-3-5-12(11)19/h10-11H,3-9H2,1-2H3. The second-order valence-corrected chi connectivity index (χ2v) is 6.06. The van der Waals surface area contributed by atoms with E-state index >= 15 is 0 Å². The zero-order valence-corrected chi connectivity index (χ0v) is 12.2. The summed E-state index contributed by atoms with van der Waals surface area (Å²) in [5.74, 6) is 1.35. The summed E-state index contributed by atoms with van der Waals surface area (Å²) in [5, 5.41) is 4.07. The highest BCUT2D eigenvalue weighted by atomic mass is 16.5. The second-order valence-electron chi connectivity index (χ2n) is 6.06. The molecule has 6 nitrogen and oxygen atoms in total. The normalized spacial score (nSPS) is 29.2. The topological polar surface area (TPSA) is 62.5 Å². The number of aromatic nitrogens is 2. The second kappa shape index (κ2) is 5.61. The summed E-state index contributed by atoms with van der Waals surface area (Å²) in [6.07, 6.45) is 3.23. The van der Waals surface area contributed by atoms with E-state index in [0.29, 0.717) is 18.4 Å². The number of carbonyl (C=O) groups is 1. The first-order chi connectivity index (χ1) is 9.63. The first-order valence-corrected chi connectivity index (χ1v) is 7.37. The summed E-state index contributed by atoms with van der Waals surface area (Å²) in [6, 6.07) is 0.415. The van der Waals surface area contributed by atoms with Gasteiger partial charge in [-0.2, -0.15) is 4.98 Å². The van der Waals surface area contributed by atoms with Gasteiger partial charge < -0.3 is 14.3 Å². The van der Waals surface area contributed by atoms with Gasteiger partial charge in [-0.25, -0.2) is 0 Å². The maximum absolute atomic E-state index is 11.7. The van der Waals surface area contributed by atoms with E-state index in [1.807, 2.05) is 0 Å². The molecule has 0 aromatic carbocycles. The minimum Gasteiger partial charge on any atom is -0.339 e. The number of Topliss-reactive ketones (excluding diaryl/α,β-unsaturated/α-hetero) is 1. The molecule has 6 heteroatoms. The van der Waals surface area contributed by atoms with Crippen molar-refractivity contribution >= 4 is 5.78 Å². The highest BCUT2D eigenvalue weighted by Crippen LogP contribution is 2.30. The monoisotopic (exact) mass is 278 g/mol. The lowest BCUT2D eigenvalue weighted by molar-refractivity contribution is -0.119. The highest BCUT2D eigenvalue weighted by molar-refractivity contribution is 5.86. The molecule has 1 aliphatic heterocycles. The van der Waals surface area contributed by atoms with Crippen LogP contribution in [-0.2, 0) is 11.2 Å². The number of piperazine rings is 1. The van der Waals surface area contributed by atoms with Gasteiger partial charge in [0.15, 0.2) is 5.82 Å². The lowest BCUT2D eigenvalue weighted by atomic mass is 10.1. The lowest BCUT2D eigenvalue weighted by Crippen LogP contribution is -2.50. The van der Waals surface area contributed by atoms with E-state index in [1.54, 1.807) is 0 Å². The molecule has 2 aliphatic rings. The molecule has 20 heavy (non-hydrogen) atoms. The first-order valence-electron chi connectivity index (χ1n) is 7.37. The zero-order valence-electron chi connectivity index (χ0n) is 12.2. The molecular formula is C14H22N4O2. The largest absolute Gasteiger partial charge is 0.339 e. The Morgan fingerprint density at radius 2 is 2.20 bits per heavy atom. The molecule has 1 saturated heterocycles. The van der Waals surface area contributed by atoms with Gasteiger partial charge in [0.25, 0.3) is 0 Å². The van der Waals surface area contributed by atoms with E-state index in [0.717, 1.165) is 44.7 Å². The molecule has 0 bridgehead atoms. The maximum atomic E-state index is 11.7. The average Bonchev–Trinajstić information content (AvgIpc) is 3.02. The summed E-state index contributed by atoms with van der Waals surface area (Å²) in [6.45, 7) is 3.18. The van der Waals surface area contributed by atoms with E-state index in [1.165, 1.54) is 0 Å². The van der Waals surface area contributed by atoms with Crippen molar-refractivity contribution in [1.82, 2.24) is 19.9 Å².